The van der Waals surface area contributed by atoms with Crippen LogP contribution in [0.4, 0.5) is 0 Å². The summed E-state index contributed by atoms with van der Waals surface area (Å²) in [6.07, 6.45) is 0.445. The van der Waals surface area contributed by atoms with Gasteiger partial charge in [0.2, 0.25) is 0 Å². The zero-order valence-electron chi connectivity index (χ0n) is 17.3. The van der Waals surface area contributed by atoms with Crippen LogP contribution >= 0.6 is 22.3 Å². The number of aryl methyl sites for hydroxylation is 1. The number of carbonyl (C=O) groups excluding carboxylic acids is 1. The molecular formula is C24H26ClNO3S. The second kappa shape index (κ2) is 11.6. The van der Waals surface area contributed by atoms with Crippen LogP contribution in [0.2, 0.25) is 5.02 Å². The van der Waals surface area contributed by atoms with Gasteiger partial charge in [-0.05, 0) is 74.5 Å². The maximum Gasteiger partial charge on any atom is 0.141 e. The van der Waals surface area contributed by atoms with E-state index in [4.69, 9.17) is 21.4 Å². The molecule has 0 heterocycles. The summed E-state index contributed by atoms with van der Waals surface area (Å²) in [6, 6.07) is 20.1. The maximum atomic E-state index is 10.6. The van der Waals surface area contributed by atoms with E-state index >= 15 is 0 Å². The molecule has 3 rings (SSSR count). The number of rotatable bonds is 6. The van der Waals surface area contributed by atoms with E-state index in [1.165, 1.54) is 5.56 Å². The molecule has 0 aliphatic carbocycles. The number of hydrogen-bond acceptors (Lipinski definition) is 4. The van der Waals surface area contributed by atoms with E-state index in [0.717, 1.165) is 22.0 Å². The fraction of sp³-hybridized carbons (Fsp3) is 0.167. The predicted molar refractivity (Wildman–Crippen MR) is 127 cm³/mol. The van der Waals surface area contributed by atoms with Gasteiger partial charge in [0.25, 0.3) is 0 Å². The third-order valence-electron chi connectivity index (χ3n) is 4.02. The Hall–Kier alpha value is -2.60. The molecule has 0 fully saturated rings. The first-order valence-electron chi connectivity index (χ1n) is 9.31. The third kappa shape index (κ3) is 7.67. The van der Waals surface area contributed by atoms with E-state index in [1.807, 2.05) is 37.4 Å². The Morgan fingerprint density at radius 1 is 1.13 bits per heavy atom. The van der Waals surface area contributed by atoms with Crippen molar-refractivity contribution in [2.24, 2.45) is 0 Å². The number of nitrogens with one attached hydrogen (secondary N) is 1. The number of hydrogen-bond donors (Lipinski definition) is 2. The molecule has 0 spiro atoms. The van der Waals surface area contributed by atoms with Gasteiger partial charge in [0.05, 0.1) is 4.90 Å². The number of ketones is 1. The molecule has 0 bridgehead atoms. The first-order valence-corrected chi connectivity index (χ1v) is 11.1. The summed E-state index contributed by atoms with van der Waals surface area (Å²) in [5, 5.41) is 9.57. The van der Waals surface area contributed by atoms with Crippen molar-refractivity contribution < 1.29 is 14.6 Å². The minimum absolute atomic E-state index is 0.135. The Morgan fingerprint density at radius 2 is 1.83 bits per heavy atom. The monoisotopic (exact) mass is 443 g/mol. The first kappa shape index (κ1) is 23.7. The third-order valence-corrected chi connectivity index (χ3v) is 5.60. The Labute approximate surface area is 185 Å². The van der Waals surface area contributed by atoms with Crippen molar-refractivity contribution >= 4 is 33.9 Å². The molecule has 3 aromatic carbocycles. The Bertz CT molecular complexity index is 1020. The number of aromatic hydroxyl groups is 1. The van der Waals surface area contributed by atoms with Gasteiger partial charge in [0.15, 0.2) is 0 Å². The van der Waals surface area contributed by atoms with Gasteiger partial charge in [-0.2, -0.15) is 0 Å². The SMILES string of the molecule is C=S(NC)c1cc(C)ccc1Oc1cccc(Cl)c1.CC(=O)Cc1ccc(O)cc1. The smallest absolute Gasteiger partial charge is 0.141 e. The van der Waals surface area contributed by atoms with Crippen molar-refractivity contribution in [2.45, 2.75) is 25.2 Å². The maximum absolute atomic E-state index is 10.6. The molecule has 1 unspecified atom stereocenters. The average molecular weight is 444 g/mol. The van der Waals surface area contributed by atoms with Crippen molar-refractivity contribution in [3.05, 3.63) is 82.9 Å². The molecule has 3 aromatic rings. The van der Waals surface area contributed by atoms with Crippen LogP contribution in [0.1, 0.15) is 18.1 Å². The molecule has 0 amide bonds. The largest absolute Gasteiger partial charge is 0.508 e. The van der Waals surface area contributed by atoms with E-state index in [9.17, 15) is 4.79 Å². The minimum atomic E-state index is -0.299. The van der Waals surface area contributed by atoms with Gasteiger partial charge in [-0.15, -0.1) is 0 Å². The van der Waals surface area contributed by atoms with Crippen molar-refractivity contribution in [1.82, 2.24) is 4.72 Å². The van der Waals surface area contributed by atoms with Gasteiger partial charge < -0.3 is 9.84 Å². The topological polar surface area (TPSA) is 58.6 Å². The van der Waals surface area contributed by atoms with Gasteiger partial charge in [-0.3, -0.25) is 9.52 Å². The van der Waals surface area contributed by atoms with Crippen LogP contribution in [0.25, 0.3) is 0 Å². The molecule has 6 heteroatoms. The van der Waals surface area contributed by atoms with Crippen LogP contribution in [-0.2, 0) is 11.2 Å². The van der Waals surface area contributed by atoms with E-state index in [0.29, 0.717) is 11.4 Å². The minimum Gasteiger partial charge on any atom is -0.508 e. The molecule has 0 saturated carbocycles. The predicted octanol–water partition coefficient (Wildman–Crippen LogP) is 6.16. The molecule has 1 atom stereocenters. The number of phenols is 1. The normalized spacial score (nSPS) is 11.2. The van der Waals surface area contributed by atoms with E-state index in [-0.39, 0.29) is 22.2 Å². The lowest BCUT2D eigenvalue weighted by atomic mass is 10.1. The summed E-state index contributed by atoms with van der Waals surface area (Å²) in [4.78, 5) is 11.7. The quantitative estimate of drug-likeness (QED) is 0.448. The molecule has 30 heavy (non-hydrogen) atoms. The highest BCUT2D eigenvalue weighted by Gasteiger charge is 2.07. The number of halogens is 1. The number of benzene rings is 3. The van der Waals surface area contributed by atoms with Crippen LogP contribution < -0.4 is 9.46 Å². The summed E-state index contributed by atoms with van der Waals surface area (Å²) in [5.41, 5.74) is 2.13. The van der Waals surface area contributed by atoms with Crippen LogP contribution in [0, 0.1) is 6.92 Å². The number of Topliss-reactive ketones (excluding diaryl/α,β-unsaturated/α-hetero) is 1. The van der Waals surface area contributed by atoms with Crippen LogP contribution in [-0.4, -0.2) is 23.8 Å². The van der Waals surface area contributed by atoms with Gasteiger partial charge in [-0.1, -0.05) is 52.4 Å². The highest BCUT2D eigenvalue weighted by Crippen LogP contribution is 2.35. The van der Waals surface area contributed by atoms with E-state index in [1.54, 1.807) is 37.3 Å². The second-order valence-electron chi connectivity index (χ2n) is 6.65. The Kier molecular flexibility index (Phi) is 9.12. The van der Waals surface area contributed by atoms with Gasteiger partial charge >= 0.3 is 0 Å². The number of carbonyl (C=O) groups is 1. The summed E-state index contributed by atoms with van der Waals surface area (Å²) < 4.78 is 9.07. The highest BCUT2D eigenvalue weighted by atomic mass is 35.5. The zero-order chi connectivity index (χ0) is 22.1. The van der Waals surface area contributed by atoms with Crippen molar-refractivity contribution in [3.8, 4) is 17.2 Å². The molecule has 0 aromatic heterocycles. The molecule has 0 radical (unpaired) electrons. The average Bonchev–Trinajstić information content (AvgIpc) is 2.71. The summed E-state index contributed by atoms with van der Waals surface area (Å²) in [7, 11) is 1.59. The zero-order valence-corrected chi connectivity index (χ0v) is 18.9. The van der Waals surface area contributed by atoms with Gasteiger partial charge in [0, 0.05) is 11.4 Å². The molecule has 0 aliphatic rings. The van der Waals surface area contributed by atoms with Crippen molar-refractivity contribution in [3.63, 3.8) is 0 Å². The lowest BCUT2D eigenvalue weighted by Crippen LogP contribution is -1.98. The van der Waals surface area contributed by atoms with E-state index < -0.39 is 0 Å². The molecule has 0 aliphatic heterocycles. The van der Waals surface area contributed by atoms with Crippen LogP contribution in [0.15, 0.2) is 71.6 Å². The summed E-state index contributed by atoms with van der Waals surface area (Å²) in [6.45, 7) is 3.60. The molecule has 158 valence electrons. The van der Waals surface area contributed by atoms with Crippen molar-refractivity contribution in [2.75, 3.05) is 7.05 Å². The highest BCUT2D eigenvalue weighted by molar-refractivity contribution is 8.12. The van der Waals surface area contributed by atoms with Gasteiger partial charge in [-0.25, -0.2) is 0 Å². The number of phenolic OH excluding ortho intramolecular Hbond substituents is 1. The second-order valence-corrected chi connectivity index (χ2v) is 8.72. The lowest BCUT2D eigenvalue weighted by Gasteiger charge is -2.14. The Morgan fingerprint density at radius 3 is 2.43 bits per heavy atom. The standard InChI is InChI=1S/C15H16ClNOS.C9H10O2/c1-11-7-8-14(15(9-11)19(3)17-2)18-13-6-4-5-12(16)10-13;1-7(10)6-8-2-4-9(11)5-3-8/h4-10,17H,3H2,1-2H3;2-5,11H,6H2,1H3. The van der Waals surface area contributed by atoms with Crippen LogP contribution in [0.5, 0.6) is 17.2 Å². The molecule has 0 saturated heterocycles. The van der Waals surface area contributed by atoms with E-state index in [2.05, 4.69) is 23.6 Å². The molecule has 4 nitrogen and oxygen atoms in total. The Balaban J connectivity index is 0.000000248. The van der Waals surface area contributed by atoms with Crippen molar-refractivity contribution in [1.29, 1.82) is 0 Å². The van der Waals surface area contributed by atoms with Crippen LogP contribution in [0.3, 0.4) is 0 Å². The fourth-order valence-corrected chi connectivity index (χ4v) is 3.64. The fourth-order valence-electron chi connectivity index (χ4n) is 2.56. The number of ether oxygens (including phenoxy) is 1. The summed E-state index contributed by atoms with van der Waals surface area (Å²) >= 11 is 5.96. The molecule has 2 N–H and O–H groups in total. The molecular weight excluding hydrogens is 418 g/mol. The lowest BCUT2D eigenvalue weighted by molar-refractivity contribution is -0.116. The van der Waals surface area contributed by atoms with Gasteiger partial charge in [0.1, 0.15) is 23.0 Å². The summed E-state index contributed by atoms with van der Waals surface area (Å²) in [5.74, 6) is 6.00. The first-order chi connectivity index (χ1) is 14.3.